The summed E-state index contributed by atoms with van der Waals surface area (Å²) in [6.07, 6.45) is 0.262. The number of methoxy groups -OCH3 is 1. The van der Waals surface area contributed by atoms with E-state index in [1.165, 1.54) is 62.4 Å². The summed E-state index contributed by atoms with van der Waals surface area (Å²) in [7, 11) is -1.58. The van der Waals surface area contributed by atoms with Crippen molar-refractivity contribution >= 4 is 44.8 Å². The summed E-state index contributed by atoms with van der Waals surface area (Å²) in [6.45, 7) is 2.56. The van der Waals surface area contributed by atoms with Gasteiger partial charge in [0.2, 0.25) is 11.8 Å². The SMILES string of the molecule is CC[C@H](C(=O)NC)N(Cc1ccc(Cl)cc1)C(=O)CN(c1ccc(OC)cc1)S(=O)(=O)c1ccc(C)c([N+](=O)[O-])c1. The first-order valence-corrected chi connectivity index (χ1v) is 14.4. The molecule has 0 radical (unpaired) electrons. The number of hydrogen-bond acceptors (Lipinski definition) is 7. The van der Waals surface area contributed by atoms with E-state index in [4.69, 9.17) is 16.3 Å². The first-order valence-electron chi connectivity index (χ1n) is 12.6. The molecule has 11 nitrogen and oxygen atoms in total. The second-order valence-corrected chi connectivity index (χ2v) is 11.4. The van der Waals surface area contributed by atoms with Crippen LogP contribution < -0.4 is 14.4 Å². The van der Waals surface area contributed by atoms with Crippen molar-refractivity contribution in [2.24, 2.45) is 0 Å². The van der Waals surface area contributed by atoms with Crippen LogP contribution in [-0.2, 0) is 26.2 Å². The number of aryl methyl sites for hydroxylation is 1. The predicted molar refractivity (Wildman–Crippen MR) is 156 cm³/mol. The molecule has 0 heterocycles. The molecule has 0 bridgehead atoms. The highest BCUT2D eigenvalue weighted by atomic mass is 35.5. The van der Waals surface area contributed by atoms with E-state index in [2.05, 4.69) is 5.32 Å². The lowest BCUT2D eigenvalue weighted by Crippen LogP contribution is -2.51. The highest BCUT2D eigenvalue weighted by Gasteiger charge is 2.34. The van der Waals surface area contributed by atoms with Crippen LogP contribution in [-0.4, -0.2) is 56.8 Å². The van der Waals surface area contributed by atoms with Gasteiger partial charge in [-0.3, -0.25) is 24.0 Å². The van der Waals surface area contributed by atoms with Crippen LogP contribution in [0, 0.1) is 17.0 Å². The van der Waals surface area contributed by atoms with E-state index < -0.39 is 39.3 Å². The summed E-state index contributed by atoms with van der Waals surface area (Å²) in [4.78, 5) is 38.5. The van der Waals surface area contributed by atoms with Gasteiger partial charge in [0.15, 0.2) is 0 Å². The number of ether oxygens (including phenoxy) is 1. The number of hydrogen-bond donors (Lipinski definition) is 1. The van der Waals surface area contributed by atoms with Gasteiger partial charge in [0.05, 0.1) is 22.6 Å². The number of carbonyl (C=O) groups excluding carboxylic acids is 2. The molecular formula is C28H31ClN4O7S. The third-order valence-corrected chi connectivity index (χ3v) is 8.52. The van der Waals surface area contributed by atoms with Gasteiger partial charge in [-0.1, -0.05) is 36.7 Å². The Hall–Kier alpha value is -4.16. The molecule has 1 atom stereocenters. The summed E-state index contributed by atoms with van der Waals surface area (Å²) >= 11 is 6.01. The minimum absolute atomic E-state index is 0.00837. The van der Waals surface area contributed by atoms with Gasteiger partial charge in [-0.25, -0.2) is 8.42 Å². The van der Waals surface area contributed by atoms with E-state index in [1.807, 2.05) is 0 Å². The number of nitrogens with one attached hydrogen (secondary N) is 1. The first kappa shape index (κ1) is 31.4. The summed E-state index contributed by atoms with van der Waals surface area (Å²) in [6, 6.07) is 15.4. The number of rotatable bonds is 12. The Morgan fingerprint density at radius 2 is 1.71 bits per heavy atom. The first-order chi connectivity index (χ1) is 19.4. The Labute approximate surface area is 243 Å². The Balaban J connectivity index is 2.11. The van der Waals surface area contributed by atoms with E-state index in [1.54, 1.807) is 31.2 Å². The number of halogens is 1. The summed E-state index contributed by atoms with van der Waals surface area (Å²) in [5.41, 5.74) is 0.716. The van der Waals surface area contributed by atoms with Gasteiger partial charge < -0.3 is 15.0 Å². The molecule has 0 aliphatic heterocycles. The van der Waals surface area contributed by atoms with Crippen molar-refractivity contribution in [3.8, 4) is 5.75 Å². The highest BCUT2D eigenvalue weighted by molar-refractivity contribution is 7.92. The van der Waals surface area contributed by atoms with Crippen molar-refractivity contribution in [3.05, 3.63) is 93.0 Å². The van der Waals surface area contributed by atoms with Crippen LogP contribution in [0.1, 0.15) is 24.5 Å². The molecule has 0 fully saturated rings. The molecule has 0 aliphatic rings. The smallest absolute Gasteiger partial charge is 0.273 e. The maximum Gasteiger partial charge on any atom is 0.273 e. The molecule has 1 N–H and O–H groups in total. The second-order valence-electron chi connectivity index (χ2n) is 9.10. The van der Waals surface area contributed by atoms with Crippen molar-refractivity contribution in [1.82, 2.24) is 10.2 Å². The molecule has 13 heteroatoms. The van der Waals surface area contributed by atoms with E-state index in [9.17, 15) is 28.1 Å². The van der Waals surface area contributed by atoms with Crippen molar-refractivity contribution in [3.63, 3.8) is 0 Å². The molecule has 3 rings (SSSR count). The normalized spacial score (nSPS) is 11.8. The molecular weight excluding hydrogens is 572 g/mol. The third-order valence-electron chi connectivity index (χ3n) is 6.50. The number of anilines is 1. The zero-order valence-corrected chi connectivity index (χ0v) is 24.6. The molecule has 0 aromatic heterocycles. The molecule has 218 valence electrons. The second kappa shape index (κ2) is 13.5. The Kier molecular flexibility index (Phi) is 10.3. The van der Waals surface area contributed by atoms with Crippen LogP contribution in [0.25, 0.3) is 0 Å². The number of benzene rings is 3. The lowest BCUT2D eigenvalue weighted by atomic mass is 10.1. The lowest BCUT2D eigenvalue weighted by Gasteiger charge is -2.33. The number of likely N-dealkylation sites (N-methyl/N-ethyl adjacent to an activating group) is 1. The van der Waals surface area contributed by atoms with Crippen LogP contribution in [0.2, 0.25) is 5.02 Å². The van der Waals surface area contributed by atoms with Gasteiger partial charge in [0.1, 0.15) is 18.3 Å². The van der Waals surface area contributed by atoms with Gasteiger partial charge >= 0.3 is 0 Å². The van der Waals surface area contributed by atoms with Crippen LogP contribution in [0.15, 0.2) is 71.6 Å². The minimum atomic E-state index is -4.49. The van der Waals surface area contributed by atoms with Gasteiger partial charge in [-0.05, 0) is 61.4 Å². The summed E-state index contributed by atoms with van der Waals surface area (Å²) < 4.78 is 34.0. The average molecular weight is 603 g/mol. The largest absolute Gasteiger partial charge is 0.497 e. The zero-order valence-electron chi connectivity index (χ0n) is 23.0. The number of nitrogens with zero attached hydrogens (tertiary/aromatic N) is 3. The fourth-order valence-corrected chi connectivity index (χ4v) is 5.78. The standard InChI is InChI=1S/C28H31ClN4O7S/c1-5-25(28(35)30-3)31(17-20-7-9-21(29)10-8-20)27(34)18-32(22-11-13-23(40-4)14-12-22)41(38,39)24-15-6-19(2)26(16-24)33(36)37/h6-16,25H,5,17-18H2,1-4H3,(H,30,35)/t25-/m1/s1. The molecule has 0 spiro atoms. The van der Waals surface area contributed by atoms with Gasteiger partial charge in [-0.15, -0.1) is 0 Å². The van der Waals surface area contributed by atoms with Gasteiger partial charge in [-0.2, -0.15) is 0 Å². The Morgan fingerprint density at radius 3 is 2.24 bits per heavy atom. The molecule has 3 aromatic carbocycles. The predicted octanol–water partition coefficient (Wildman–Crippen LogP) is 4.31. The van der Waals surface area contributed by atoms with E-state index >= 15 is 0 Å². The number of nitro groups is 1. The van der Waals surface area contributed by atoms with Crippen molar-refractivity contribution in [2.75, 3.05) is 25.0 Å². The highest BCUT2D eigenvalue weighted by Crippen LogP contribution is 2.29. The molecule has 0 aliphatic carbocycles. The average Bonchev–Trinajstić information content (AvgIpc) is 2.96. The number of sulfonamides is 1. The van der Waals surface area contributed by atoms with E-state index in [0.717, 1.165) is 10.4 Å². The topological polar surface area (TPSA) is 139 Å². The van der Waals surface area contributed by atoms with Gasteiger partial charge in [0.25, 0.3) is 15.7 Å². The molecule has 41 heavy (non-hydrogen) atoms. The van der Waals surface area contributed by atoms with Crippen LogP contribution >= 0.6 is 11.6 Å². The minimum Gasteiger partial charge on any atom is -0.497 e. The number of nitro benzene ring substituents is 1. The molecule has 3 aromatic rings. The van der Waals surface area contributed by atoms with Crippen molar-refractivity contribution in [1.29, 1.82) is 0 Å². The van der Waals surface area contributed by atoms with Crippen LogP contribution in [0.4, 0.5) is 11.4 Å². The van der Waals surface area contributed by atoms with Crippen molar-refractivity contribution in [2.45, 2.75) is 37.8 Å². The van der Waals surface area contributed by atoms with Crippen LogP contribution in [0.5, 0.6) is 5.75 Å². The fraction of sp³-hybridized carbons (Fsp3) is 0.286. The molecule has 0 unspecified atom stereocenters. The Bertz CT molecular complexity index is 1510. The monoisotopic (exact) mass is 602 g/mol. The number of amides is 2. The molecule has 0 saturated carbocycles. The lowest BCUT2D eigenvalue weighted by molar-refractivity contribution is -0.385. The summed E-state index contributed by atoms with van der Waals surface area (Å²) in [5, 5.41) is 14.6. The maximum absolute atomic E-state index is 14.0. The van der Waals surface area contributed by atoms with Crippen molar-refractivity contribution < 1.29 is 27.7 Å². The zero-order chi connectivity index (χ0) is 30.3. The Morgan fingerprint density at radius 1 is 1.07 bits per heavy atom. The van der Waals surface area contributed by atoms with E-state index in [0.29, 0.717) is 16.3 Å². The molecule has 2 amide bonds. The fourth-order valence-electron chi connectivity index (χ4n) is 4.22. The molecule has 0 saturated heterocycles. The summed E-state index contributed by atoms with van der Waals surface area (Å²) in [5.74, 6) is -0.613. The maximum atomic E-state index is 14.0. The quantitative estimate of drug-likeness (QED) is 0.241. The van der Waals surface area contributed by atoms with Gasteiger partial charge in [0, 0.05) is 30.2 Å². The van der Waals surface area contributed by atoms with E-state index in [-0.39, 0.29) is 34.8 Å². The number of carbonyl (C=O) groups is 2. The third kappa shape index (κ3) is 7.33. The van der Waals surface area contributed by atoms with Crippen LogP contribution in [0.3, 0.4) is 0 Å².